The molecule has 0 bridgehead atoms. The fourth-order valence-electron chi connectivity index (χ4n) is 1.93. The van der Waals surface area contributed by atoms with Gasteiger partial charge >= 0.3 is 0 Å². The maximum absolute atomic E-state index is 11.9. The van der Waals surface area contributed by atoms with Crippen LogP contribution in [0, 0.1) is 0 Å². The van der Waals surface area contributed by atoms with Crippen LogP contribution < -0.4 is 5.73 Å². The van der Waals surface area contributed by atoms with E-state index in [4.69, 9.17) is 5.73 Å². The molecule has 6 heteroatoms. The highest BCUT2D eigenvalue weighted by atomic mass is 32.2. The minimum absolute atomic E-state index is 0.0643. The zero-order chi connectivity index (χ0) is 11.3. The number of hydrogen-bond acceptors (Lipinski definition) is 4. The van der Waals surface area contributed by atoms with E-state index in [1.54, 1.807) is 11.8 Å². The second kappa shape index (κ2) is 3.18. The number of sulfone groups is 1. The van der Waals surface area contributed by atoms with Crippen LogP contribution in [-0.2, 0) is 14.6 Å². The summed E-state index contributed by atoms with van der Waals surface area (Å²) in [4.78, 5) is 13.5. The molecule has 1 saturated carbocycles. The summed E-state index contributed by atoms with van der Waals surface area (Å²) < 4.78 is 22.7. The van der Waals surface area contributed by atoms with Gasteiger partial charge in [0.05, 0.1) is 17.0 Å². The normalized spacial score (nSPS) is 32.4. The van der Waals surface area contributed by atoms with Gasteiger partial charge in [-0.25, -0.2) is 8.42 Å². The van der Waals surface area contributed by atoms with Crippen LogP contribution >= 0.6 is 0 Å². The molecule has 1 saturated heterocycles. The van der Waals surface area contributed by atoms with Crippen molar-refractivity contribution in [2.75, 3.05) is 18.1 Å². The van der Waals surface area contributed by atoms with Gasteiger partial charge in [-0.2, -0.15) is 0 Å². The van der Waals surface area contributed by atoms with Crippen molar-refractivity contribution in [2.24, 2.45) is 5.73 Å². The number of hydrogen-bond donors (Lipinski definition) is 1. The van der Waals surface area contributed by atoms with E-state index in [2.05, 4.69) is 0 Å². The predicted molar refractivity (Wildman–Crippen MR) is 56.0 cm³/mol. The van der Waals surface area contributed by atoms with Gasteiger partial charge in [0, 0.05) is 12.6 Å². The Morgan fingerprint density at radius 2 is 2.07 bits per heavy atom. The topological polar surface area (TPSA) is 80.5 Å². The van der Waals surface area contributed by atoms with Crippen LogP contribution in [0.2, 0.25) is 0 Å². The van der Waals surface area contributed by atoms with Gasteiger partial charge in [0.2, 0.25) is 5.91 Å². The van der Waals surface area contributed by atoms with Crippen LogP contribution in [0.5, 0.6) is 0 Å². The average molecular weight is 232 g/mol. The Hall–Kier alpha value is -0.620. The summed E-state index contributed by atoms with van der Waals surface area (Å²) in [6, 6.07) is -0.239. The van der Waals surface area contributed by atoms with E-state index in [1.165, 1.54) is 0 Å². The Kier molecular flexibility index (Phi) is 2.31. The summed E-state index contributed by atoms with van der Waals surface area (Å²) in [7, 11) is -2.96. The second-order valence-electron chi connectivity index (χ2n) is 4.62. The standard InChI is InChI=1S/C9H16N2O3S/c1-7-6-15(13,14)5-4-11(7)8(12)9(10)2-3-9/h7H,2-6,10H2,1H3. The maximum Gasteiger partial charge on any atom is 0.242 e. The average Bonchev–Trinajstić information content (AvgIpc) is 2.82. The first-order chi connectivity index (χ1) is 6.84. The van der Waals surface area contributed by atoms with Crippen molar-refractivity contribution >= 4 is 15.7 Å². The monoisotopic (exact) mass is 232 g/mol. The molecule has 1 unspecified atom stereocenters. The number of nitrogens with zero attached hydrogens (tertiary/aromatic N) is 1. The maximum atomic E-state index is 11.9. The third kappa shape index (κ3) is 2.01. The van der Waals surface area contributed by atoms with Gasteiger partial charge in [0.1, 0.15) is 0 Å². The smallest absolute Gasteiger partial charge is 0.242 e. The van der Waals surface area contributed by atoms with Gasteiger partial charge < -0.3 is 10.6 Å². The molecular formula is C9H16N2O3S. The van der Waals surface area contributed by atoms with E-state index >= 15 is 0 Å². The van der Waals surface area contributed by atoms with Gasteiger partial charge in [0.15, 0.2) is 9.84 Å². The Bertz CT molecular complexity index is 386. The summed E-state index contributed by atoms with van der Waals surface area (Å²) in [5.74, 6) is 0.0541. The van der Waals surface area contributed by atoms with Crippen molar-refractivity contribution < 1.29 is 13.2 Å². The summed E-state index contributed by atoms with van der Waals surface area (Å²) in [6.45, 7) is 2.06. The summed E-state index contributed by atoms with van der Waals surface area (Å²) in [6.07, 6.45) is 1.45. The van der Waals surface area contributed by atoms with E-state index in [0.29, 0.717) is 6.54 Å². The van der Waals surface area contributed by atoms with Crippen LogP contribution in [-0.4, -0.2) is 48.9 Å². The van der Waals surface area contributed by atoms with E-state index in [9.17, 15) is 13.2 Å². The van der Waals surface area contributed by atoms with E-state index in [-0.39, 0.29) is 23.5 Å². The second-order valence-corrected chi connectivity index (χ2v) is 6.85. The van der Waals surface area contributed by atoms with Gasteiger partial charge in [-0.3, -0.25) is 4.79 Å². The molecule has 2 aliphatic rings. The molecule has 1 aliphatic heterocycles. The molecule has 1 heterocycles. The SMILES string of the molecule is CC1CS(=O)(=O)CCN1C(=O)C1(N)CC1. The molecule has 0 aromatic carbocycles. The molecule has 0 spiro atoms. The lowest BCUT2D eigenvalue weighted by molar-refractivity contribution is -0.135. The lowest BCUT2D eigenvalue weighted by Gasteiger charge is -2.34. The van der Waals surface area contributed by atoms with Crippen LogP contribution in [0.3, 0.4) is 0 Å². The summed E-state index contributed by atoms with van der Waals surface area (Å²) in [5, 5.41) is 0. The quantitative estimate of drug-likeness (QED) is 0.637. The molecule has 86 valence electrons. The van der Waals surface area contributed by atoms with E-state index in [1.807, 2.05) is 0 Å². The fourth-order valence-corrected chi connectivity index (χ4v) is 3.49. The molecule has 2 fully saturated rings. The molecule has 0 aromatic rings. The van der Waals surface area contributed by atoms with E-state index in [0.717, 1.165) is 12.8 Å². The van der Waals surface area contributed by atoms with Gasteiger partial charge in [-0.05, 0) is 19.8 Å². The van der Waals surface area contributed by atoms with Gasteiger partial charge in [-0.1, -0.05) is 0 Å². The van der Waals surface area contributed by atoms with Gasteiger partial charge in [-0.15, -0.1) is 0 Å². The largest absolute Gasteiger partial charge is 0.336 e. The number of rotatable bonds is 1. The van der Waals surface area contributed by atoms with Crippen molar-refractivity contribution in [1.82, 2.24) is 4.90 Å². The molecule has 1 atom stereocenters. The molecule has 15 heavy (non-hydrogen) atoms. The first-order valence-corrected chi connectivity index (χ1v) is 6.97. The van der Waals surface area contributed by atoms with Crippen molar-refractivity contribution in [2.45, 2.75) is 31.3 Å². The van der Waals surface area contributed by atoms with Crippen molar-refractivity contribution in [3.63, 3.8) is 0 Å². The highest BCUT2D eigenvalue weighted by molar-refractivity contribution is 7.91. The minimum atomic E-state index is -2.96. The summed E-state index contributed by atoms with van der Waals surface area (Å²) >= 11 is 0. The molecule has 2 rings (SSSR count). The van der Waals surface area contributed by atoms with E-state index < -0.39 is 15.4 Å². The zero-order valence-electron chi connectivity index (χ0n) is 8.77. The lowest BCUT2D eigenvalue weighted by Crippen LogP contribution is -2.55. The van der Waals surface area contributed by atoms with Crippen molar-refractivity contribution in [3.05, 3.63) is 0 Å². The number of nitrogens with two attached hydrogens (primary N) is 1. The predicted octanol–water partition coefficient (Wildman–Crippen LogP) is -0.877. The molecule has 2 N–H and O–H groups in total. The molecule has 0 aromatic heterocycles. The Morgan fingerprint density at radius 3 is 2.53 bits per heavy atom. The number of amides is 1. The Balaban J connectivity index is 2.09. The highest BCUT2D eigenvalue weighted by Gasteiger charge is 2.50. The van der Waals surface area contributed by atoms with Crippen LogP contribution in [0.4, 0.5) is 0 Å². The fraction of sp³-hybridized carbons (Fsp3) is 0.889. The molecule has 1 aliphatic carbocycles. The van der Waals surface area contributed by atoms with Crippen LogP contribution in [0.15, 0.2) is 0 Å². The van der Waals surface area contributed by atoms with Crippen LogP contribution in [0.1, 0.15) is 19.8 Å². The molecule has 0 radical (unpaired) electrons. The van der Waals surface area contributed by atoms with Crippen molar-refractivity contribution in [3.8, 4) is 0 Å². The lowest BCUT2D eigenvalue weighted by atomic mass is 10.2. The first kappa shape index (κ1) is 10.9. The third-order valence-corrected chi connectivity index (χ3v) is 4.94. The van der Waals surface area contributed by atoms with Crippen molar-refractivity contribution in [1.29, 1.82) is 0 Å². The van der Waals surface area contributed by atoms with Crippen LogP contribution in [0.25, 0.3) is 0 Å². The number of carbonyl (C=O) groups is 1. The number of carbonyl (C=O) groups excluding carboxylic acids is 1. The Labute approximate surface area is 89.5 Å². The first-order valence-electron chi connectivity index (χ1n) is 5.14. The summed E-state index contributed by atoms with van der Waals surface area (Å²) in [5.41, 5.74) is 5.12. The van der Waals surface area contributed by atoms with Gasteiger partial charge in [0.25, 0.3) is 0 Å². The molecule has 5 nitrogen and oxygen atoms in total. The molecule has 1 amide bonds. The Morgan fingerprint density at radius 1 is 1.47 bits per heavy atom. The highest BCUT2D eigenvalue weighted by Crippen LogP contribution is 2.35. The zero-order valence-corrected chi connectivity index (χ0v) is 9.59. The minimum Gasteiger partial charge on any atom is -0.336 e. The third-order valence-electron chi connectivity index (χ3n) is 3.15. The molecular weight excluding hydrogens is 216 g/mol.